The van der Waals surface area contributed by atoms with Crippen LogP contribution in [-0.4, -0.2) is 28.0 Å². The number of hydrogen-bond acceptors (Lipinski definition) is 5. The van der Waals surface area contributed by atoms with E-state index in [0.717, 1.165) is 12.2 Å². The number of aromatic nitrogens is 2. The molecule has 1 heterocycles. The molecule has 0 saturated carbocycles. The van der Waals surface area contributed by atoms with E-state index in [1.165, 1.54) is 6.07 Å². The lowest BCUT2D eigenvalue weighted by atomic mass is 10.2. The number of alkyl halides is 3. The van der Waals surface area contributed by atoms with Crippen molar-refractivity contribution in [2.75, 3.05) is 23.1 Å². The van der Waals surface area contributed by atoms with Crippen molar-refractivity contribution in [3.8, 4) is 0 Å². The maximum absolute atomic E-state index is 12.5. The summed E-state index contributed by atoms with van der Waals surface area (Å²) in [5, 5.41) is 2.93. The Morgan fingerprint density at radius 2 is 2.11 bits per heavy atom. The van der Waals surface area contributed by atoms with Crippen LogP contribution in [0.1, 0.15) is 19.2 Å². The summed E-state index contributed by atoms with van der Waals surface area (Å²) < 4.78 is 37.5. The van der Waals surface area contributed by atoms with E-state index in [4.69, 9.17) is 5.73 Å². The van der Waals surface area contributed by atoms with E-state index in [1.807, 2.05) is 13.2 Å². The lowest BCUT2D eigenvalue weighted by Crippen LogP contribution is -2.23. The van der Waals surface area contributed by atoms with Crippen LogP contribution in [0, 0.1) is 0 Å². The first kappa shape index (κ1) is 14.9. The van der Waals surface area contributed by atoms with Crippen LogP contribution in [0.15, 0.2) is 6.07 Å². The summed E-state index contributed by atoms with van der Waals surface area (Å²) in [5.41, 5.74) is 5.35. The van der Waals surface area contributed by atoms with E-state index in [-0.39, 0.29) is 17.7 Å². The van der Waals surface area contributed by atoms with Gasteiger partial charge in [0, 0.05) is 17.9 Å². The first-order valence-electron chi connectivity index (χ1n) is 5.34. The summed E-state index contributed by atoms with van der Waals surface area (Å²) in [6.07, 6.45) is -1.88. The number of nitrogens with one attached hydrogen (secondary N) is 1. The number of nitrogen functional groups attached to an aromatic ring is 1. The van der Waals surface area contributed by atoms with Gasteiger partial charge in [-0.3, -0.25) is 0 Å². The Hall–Kier alpha value is -1.18. The third-order valence-electron chi connectivity index (χ3n) is 2.21. The predicted molar refractivity (Wildman–Crippen MR) is 67.5 cm³/mol. The molecule has 3 N–H and O–H groups in total. The third kappa shape index (κ3) is 4.25. The molecule has 1 aromatic heterocycles. The molecule has 0 amide bonds. The number of nitrogens with two attached hydrogens (primary N) is 1. The maximum Gasteiger partial charge on any atom is 0.451 e. The van der Waals surface area contributed by atoms with Gasteiger partial charge in [-0.1, -0.05) is 6.92 Å². The van der Waals surface area contributed by atoms with Crippen LogP contribution in [0.2, 0.25) is 0 Å². The smallest absolute Gasteiger partial charge is 0.384 e. The van der Waals surface area contributed by atoms with Crippen LogP contribution in [-0.2, 0) is 6.18 Å². The van der Waals surface area contributed by atoms with Gasteiger partial charge >= 0.3 is 6.18 Å². The minimum Gasteiger partial charge on any atom is -0.384 e. The first-order valence-corrected chi connectivity index (χ1v) is 6.73. The molecule has 1 unspecified atom stereocenters. The second-order valence-electron chi connectivity index (χ2n) is 3.70. The van der Waals surface area contributed by atoms with E-state index in [9.17, 15) is 13.2 Å². The van der Waals surface area contributed by atoms with Crippen molar-refractivity contribution in [1.29, 1.82) is 0 Å². The fourth-order valence-electron chi connectivity index (χ4n) is 1.34. The molecule has 18 heavy (non-hydrogen) atoms. The molecule has 8 heteroatoms. The predicted octanol–water partition coefficient (Wildman–Crippen LogP) is 2.63. The molecular formula is C10H15F3N4S. The van der Waals surface area contributed by atoms with Gasteiger partial charge in [-0.25, -0.2) is 9.97 Å². The SMILES string of the molecule is CCC(CSC)Nc1cc(N)nc(C(F)(F)F)n1. The molecule has 0 fully saturated rings. The molecule has 0 aliphatic heterocycles. The monoisotopic (exact) mass is 280 g/mol. The summed E-state index contributed by atoms with van der Waals surface area (Å²) in [4.78, 5) is 6.62. The van der Waals surface area contributed by atoms with Crippen LogP contribution >= 0.6 is 11.8 Å². The highest BCUT2D eigenvalue weighted by atomic mass is 32.2. The molecule has 0 bridgehead atoms. The molecule has 0 aliphatic carbocycles. The zero-order valence-corrected chi connectivity index (χ0v) is 10.9. The van der Waals surface area contributed by atoms with Crippen LogP contribution in [0.25, 0.3) is 0 Å². The van der Waals surface area contributed by atoms with Crippen molar-refractivity contribution in [2.24, 2.45) is 0 Å². The van der Waals surface area contributed by atoms with Crippen molar-refractivity contribution >= 4 is 23.4 Å². The van der Waals surface area contributed by atoms with E-state index >= 15 is 0 Å². The second kappa shape index (κ2) is 6.12. The molecule has 1 atom stereocenters. The Morgan fingerprint density at radius 1 is 1.44 bits per heavy atom. The van der Waals surface area contributed by atoms with E-state index in [1.54, 1.807) is 11.8 Å². The zero-order chi connectivity index (χ0) is 13.8. The highest BCUT2D eigenvalue weighted by Crippen LogP contribution is 2.28. The largest absolute Gasteiger partial charge is 0.451 e. The Bertz CT molecular complexity index is 397. The molecule has 0 radical (unpaired) electrons. The van der Waals surface area contributed by atoms with Crippen molar-refractivity contribution in [2.45, 2.75) is 25.6 Å². The Balaban J connectivity index is 2.92. The Labute approximate surface area is 108 Å². The number of halogens is 3. The van der Waals surface area contributed by atoms with Crippen molar-refractivity contribution in [1.82, 2.24) is 9.97 Å². The fourth-order valence-corrected chi connectivity index (χ4v) is 2.06. The van der Waals surface area contributed by atoms with Gasteiger partial charge in [-0.15, -0.1) is 0 Å². The summed E-state index contributed by atoms with van der Waals surface area (Å²) >= 11 is 1.61. The molecule has 1 aromatic rings. The highest BCUT2D eigenvalue weighted by molar-refractivity contribution is 7.98. The van der Waals surface area contributed by atoms with Gasteiger partial charge < -0.3 is 11.1 Å². The molecule has 0 aromatic carbocycles. The van der Waals surface area contributed by atoms with Gasteiger partial charge in [0.1, 0.15) is 11.6 Å². The van der Waals surface area contributed by atoms with E-state index < -0.39 is 12.0 Å². The minimum atomic E-state index is -4.59. The highest BCUT2D eigenvalue weighted by Gasteiger charge is 2.35. The number of nitrogens with zero attached hydrogens (tertiary/aromatic N) is 2. The number of hydrogen-bond donors (Lipinski definition) is 2. The van der Waals surface area contributed by atoms with Gasteiger partial charge in [-0.05, 0) is 12.7 Å². The normalized spacial score (nSPS) is 13.4. The zero-order valence-electron chi connectivity index (χ0n) is 10.1. The number of thioether (sulfide) groups is 1. The average molecular weight is 280 g/mol. The van der Waals surface area contributed by atoms with Crippen molar-refractivity contribution < 1.29 is 13.2 Å². The van der Waals surface area contributed by atoms with Crippen molar-refractivity contribution in [3.05, 3.63) is 11.9 Å². The van der Waals surface area contributed by atoms with Crippen LogP contribution < -0.4 is 11.1 Å². The fraction of sp³-hybridized carbons (Fsp3) is 0.600. The van der Waals surface area contributed by atoms with Gasteiger partial charge in [0.25, 0.3) is 0 Å². The molecule has 4 nitrogen and oxygen atoms in total. The molecule has 1 rings (SSSR count). The quantitative estimate of drug-likeness (QED) is 0.868. The summed E-state index contributed by atoms with van der Waals surface area (Å²) in [7, 11) is 0. The number of anilines is 2. The molecule has 0 spiro atoms. The van der Waals surface area contributed by atoms with E-state index in [0.29, 0.717) is 0 Å². The average Bonchev–Trinajstić information content (AvgIpc) is 2.26. The summed E-state index contributed by atoms with van der Waals surface area (Å²) in [6.45, 7) is 1.95. The maximum atomic E-state index is 12.5. The van der Waals surface area contributed by atoms with Crippen LogP contribution in [0.3, 0.4) is 0 Å². The van der Waals surface area contributed by atoms with Gasteiger partial charge in [0.2, 0.25) is 5.82 Å². The minimum absolute atomic E-state index is 0.0513. The number of rotatable bonds is 5. The summed E-state index contributed by atoms with van der Waals surface area (Å²) in [5.74, 6) is -0.527. The van der Waals surface area contributed by atoms with Gasteiger partial charge in [0.15, 0.2) is 0 Å². The van der Waals surface area contributed by atoms with Crippen molar-refractivity contribution in [3.63, 3.8) is 0 Å². The van der Waals surface area contributed by atoms with Gasteiger partial charge in [0.05, 0.1) is 0 Å². The molecule has 0 aliphatic rings. The van der Waals surface area contributed by atoms with Crippen LogP contribution in [0.4, 0.5) is 24.8 Å². The lowest BCUT2D eigenvalue weighted by Gasteiger charge is -2.17. The Morgan fingerprint density at radius 3 is 2.61 bits per heavy atom. The van der Waals surface area contributed by atoms with E-state index in [2.05, 4.69) is 15.3 Å². The summed E-state index contributed by atoms with van der Waals surface area (Å²) in [6, 6.07) is 1.36. The molecule has 0 saturated heterocycles. The topological polar surface area (TPSA) is 63.8 Å². The molecule has 102 valence electrons. The van der Waals surface area contributed by atoms with Gasteiger partial charge in [-0.2, -0.15) is 24.9 Å². The second-order valence-corrected chi connectivity index (χ2v) is 4.61. The standard InChI is InChI=1S/C10H15F3N4S/c1-3-6(5-18-2)15-8-4-7(14)16-9(17-8)10(11,12)13/h4,6H,3,5H2,1-2H3,(H3,14,15,16,17). The first-order chi connectivity index (χ1) is 8.36. The van der Waals surface area contributed by atoms with Crippen LogP contribution in [0.5, 0.6) is 0 Å². The third-order valence-corrected chi connectivity index (χ3v) is 2.95. The molecular weight excluding hydrogens is 265 g/mol. The lowest BCUT2D eigenvalue weighted by molar-refractivity contribution is -0.144. The Kier molecular flexibility index (Phi) is 5.06.